The van der Waals surface area contributed by atoms with Crippen LogP contribution in [0.4, 0.5) is 0 Å². The number of thiophene rings is 1. The standard InChI is InChI=1S/C14H20N2O2S/c1-10-7-16(14(17)12-3-2-5-15-12)8-13(18-10)11-4-6-19-9-11/h4,6,9-10,12-13,15H,2-3,5,7-8H2,1H3/t10-,12-,13-/m1/s1. The number of nitrogens with zero attached hydrogens (tertiary/aromatic N) is 1. The van der Waals surface area contributed by atoms with Gasteiger partial charge in [0.1, 0.15) is 6.10 Å². The molecule has 5 heteroatoms. The first-order valence-corrected chi connectivity index (χ1v) is 7.88. The first kappa shape index (κ1) is 13.1. The van der Waals surface area contributed by atoms with E-state index in [1.54, 1.807) is 11.3 Å². The van der Waals surface area contributed by atoms with Crippen molar-refractivity contribution in [2.45, 2.75) is 38.0 Å². The quantitative estimate of drug-likeness (QED) is 0.898. The third kappa shape index (κ3) is 2.83. The maximum atomic E-state index is 12.5. The molecule has 1 amide bonds. The van der Waals surface area contributed by atoms with Gasteiger partial charge in [0.05, 0.1) is 18.7 Å². The second-order valence-electron chi connectivity index (χ2n) is 5.38. The number of hydrogen-bond acceptors (Lipinski definition) is 4. The smallest absolute Gasteiger partial charge is 0.239 e. The zero-order valence-corrected chi connectivity index (χ0v) is 12.0. The van der Waals surface area contributed by atoms with Crippen LogP contribution in [-0.4, -0.2) is 42.6 Å². The summed E-state index contributed by atoms with van der Waals surface area (Å²) in [6.07, 6.45) is 2.20. The second-order valence-corrected chi connectivity index (χ2v) is 6.16. The highest BCUT2D eigenvalue weighted by atomic mass is 32.1. The molecule has 3 rings (SSSR count). The van der Waals surface area contributed by atoms with E-state index in [2.05, 4.69) is 22.1 Å². The summed E-state index contributed by atoms with van der Waals surface area (Å²) < 4.78 is 5.97. The molecule has 104 valence electrons. The Labute approximate surface area is 117 Å². The number of amides is 1. The maximum Gasteiger partial charge on any atom is 0.239 e. The van der Waals surface area contributed by atoms with Crippen molar-refractivity contribution < 1.29 is 9.53 Å². The lowest BCUT2D eigenvalue weighted by Crippen LogP contribution is -2.51. The summed E-state index contributed by atoms with van der Waals surface area (Å²) >= 11 is 1.67. The molecule has 1 N–H and O–H groups in total. The lowest BCUT2D eigenvalue weighted by molar-refractivity contribution is -0.146. The zero-order chi connectivity index (χ0) is 13.2. The first-order valence-electron chi connectivity index (χ1n) is 6.94. The molecule has 0 bridgehead atoms. The Kier molecular flexibility index (Phi) is 3.86. The minimum Gasteiger partial charge on any atom is -0.367 e. The van der Waals surface area contributed by atoms with Crippen LogP contribution in [0.2, 0.25) is 0 Å². The van der Waals surface area contributed by atoms with Crippen LogP contribution < -0.4 is 5.32 Å². The van der Waals surface area contributed by atoms with Gasteiger partial charge >= 0.3 is 0 Å². The number of nitrogens with one attached hydrogen (secondary N) is 1. The third-order valence-corrected chi connectivity index (χ3v) is 4.55. The van der Waals surface area contributed by atoms with Gasteiger partial charge in [-0.3, -0.25) is 4.79 Å². The van der Waals surface area contributed by atoms with Gasteiger partial charge < -0.3 is 15.0 Å². The Morgan fingerprint density at radius 3 is 3.11 bits per heavy atom. The Balaban J connectivity index is 1.69. The summed E-state index contributed by atoms with van der Waals surface area (Å²) in [4.78, 5) is 14.4. The van der Waals surface area contributed by atoms with Crippen molar-refractivity contribution >= 4 is 17.2 Å². The van der Waals surface area contributed by atoms with Crippen molar-refractivity contribution in [3.8, 4) is 0 Å². The molecule has 0 aliphatic carbocycles. The monoisotopic (exact) mass is 280 g/mol. The van der Waals surface area contributed by atoms with Crippen LogP contribution in [-0.2, 0) is 9.53 Å². The average molecular weight is 280 g/mol. The molecule has 3 atom stereocenters. The number of ether oxygens (including phenoxy) is 1. The number of carbonyl (C=O) groups is 1. The van der Waals surface area contributed by atoms with Crippen molar-refractivity contribution in [2.75, 3.05) is 19.6 Å². The van der Waals surface area contributed by atoms with Gasteiger partial charge in [0.15, 0.2) is 0 Å². The Hall–Kier alpha value is -0.910. The van der Waals surface area contributed by atoms with E-state index in [9.17, 15) is 4.79 Å². The Morgan fingerprint density at radius 2 is 2.42 bits per heavy atom. The largest absolute Gasteiger partial charge is 0.367 e. The van der Waals surface area contributed by atoms with Crippen LogP contribution in [0.25, 0.3) is 0 Å². The molecule has 2 fully saturated rings. The fourth-order valence-corrected chi connectivity index (χ4v) is 3.59. The molecular weight excluding hydrogens is 260 g/mol. The Morgan fingerprint density at radius 1 is 1.53 bits per heavy atom. The van der Waals surface area contributed by atoms with E-state index in [4.69, 9.17) is 4.74 Å². The number of rotatable bonds is 2. The molecule has 0 aromatic carbocycles. The molecule has 0 radical (unpaired) electrons. The van der Waals surface area contributed by atoms with Crippen LogP contribution in [0.15, 0.2) is 16.8 Å². The van der Waals surface area contributed by atoms with Gasteiger partial charge in [-0.25, -0.2) is 0 Å². The fourth-order valence-electron chi connectivity index (χ4n) is 2.89. The lowest BCUT2D eigenvalue weighted by Gasteiger charge is -2.37. The van der Waals surface area contributed by atoms with E-state index < -0.39 is 0 Å². The van der Waals surface area contributed by atoms with E-state index in [1.165, 1.54) is 5.56 Å². The molecule has 2 saturated heterocycles. The van der Waals surface area contributed by atoms with Crippen molar-refractivity contribution in [2.24, 2.45) is 0 Å². The number of hydrogen-bond donors (Lipinski definition) is 1. The van der Waals surface area contributed by atoms with Crippen molar-refractivity contribution in [1.82, 2.24) is 10.2 Å². The maximum absolute atomic E-state index is 12.5. The van der Waals surface area contributed by atoms with Crippen molar-refractivity contribution in [1.29, 1.82) is 0 Å². The summed E-state index contributed by atoms with van der Waals surface area (Å²) in [6.45, 7) is 4.39. The summed E-state index contributed by atoms with van der Waals surface area (Å²) in [5.41, 5.74) is 1.19. The third-order valence-electron chi connectivity index (χ3n) is 3.85. The molecule has 0 unspecified atom stereocenters. The van der Waals surface area contributed by atoms with Gasteiger partial charge in [-0.15, -0.1) is 0 Å². The normalized spacial score (nSPS) is 31.6. The van der Waals surface area contributed by atoms with Gasteiger partial charge in [0.25, 0.3) is 0 Å². The van der Waals surface area contributed by atoms with Crippen LogP contribution in [0.1, 0.15) is 31.4 Å². The zero-order valence-electron chi connectivity index (χ0n) is 11.2. The summed E-state index contributed by atoms with van der Waals surface area (Å²) in [5.74, 6) is 0.243. The van der Waals surface area contributed by atoms with Gasteiger partial charge in [-0.05, 0) is 48.7 Å². The van der Waals surface area contributed by atoms with E-state index in [1.807, 2.05) is 11.8 Å². The minimum absolute atomic E-state index is 0.0217. The molecule has 3 heterocycles. The summed E-state index contributed by atoms with van der Waals surface area (Å²) in [5, 5.41) is 7.46. The van der Waals surface area contributed by atoms with E-state index >= 15 is 0 Å². The summed E-state index contributed by atoms with van der Waals surface area (Å²) in [7, 11) is 0. The van der Waals surface area contributed by atoms with Crippen LogP contribution >= 0.6 is 11.3 Å². The summed E-state index contributed by atoms with van der Waals surface area (Å²) in [6, 6.07) is 2.11. The van der Waals surface area contributed by atoms with Crippen LogP contribution in [0.5, 0.6) is 0 Å². The highest BCUT2D eigenvalue weighted by Gasteiger charge is 2.33. The van der Waals surface area contributed by atoms with E-state index in [-0.39, 0.29) is 24.2 Å². The average Bonchev–Trinajstić information content (AvgIpc) is 3.10. The molecule has 2 aliphatic rings. The van der Waals surface area contributed by atoms with E-state index in [0.29, 0.717) is 13.1 Å². The van der Waals surface area contributed by atoms with Crippen molar-refractivity contribution in [3.63, 3.8) is 0 Å². The molecule has 0 saturated carbocycles. The van der Waals surface area contributed by atoms with Crippen LogP contribution in [0.3, 0.4) is 0 Å². The Bertz CT molecular complexity index is 429. The van der Waals surface area contributed by atoms with Crippen molar-refractivity contribution in [3.05, 3.63) is 22.4 Å². The van der Waals surface area contributed by atoms with Gasteiger partial charge in [0, 0.05) is 6.54 Å². The van der Waals surface area contributed by atoms with Gasteiger partial charge in [-0.2, -0.15) is 11.3 Å². The molecule has 0 spiro atoms. The highest BCUT2D eigenvalue weighted by molar-refractivity contribution is 7.07. The predicted octanol–water partition coefficient (Wildman–Crippen LogP) is 1.79. The minimum atomic E-state index is 0.0217. The van der Waals surface area contributed by atoms with Crippen LogP contribution in [0, 0.1) is 0 Å². The first-order chi connectivity index (χ1) is 9.24. The molecule has 1 aromatic heterocycles. The fraction of sp³-hybridized carbons (Fsp3) is 0.643. The van der Waals surface area contributed by atoms with Gasteiger partial charge in [-0.1, -0.05) is 0 Å². The molecule has 19 heavy (non-hydrogen) atoms. The number of carbonyl (C=O) groups excluding carboxylic acids is 1. The number of morpholine rings is 1. The molecular formula is C14H20N2O2S. The molecule has 2 aliphatic heterocycles. The van der Waals surface area contributed by atoms with Gasteiger partial charge in [0.2, 0.25) is 5.91 Å². The van der Waals surface area contributed by atoms with E-state index in [0.717, 1.165) is 19.4 Å². The molecule has 4 nitrogen and oxygen atoms in total. The topological polar surface area (TPSA) is 41.6 Å². The second kappa shape index (κ2) is 5.61. The lowest BCUT2D eigenvalue weighted by atomic mass is 10.1. The highest BCUT2D eigenvalue weighted by Crippen LogP contribution is 2.27. The predicted molar refractivity (Wildman–Crippen MR) is 75.2 cm³/mol. The molecule has 1 aromatic rings. The SMILES string of the molecule is C[C@@H]1CN(C(=O)[C@H]2CCCN2)C[C@H](c2ccsc2)O1.